The number of anilines is 1. The summed E-state index contributed by atoms with van der Waals surface area (Å²) in [7, 11) is 3.02. The van der Waals surface area contributed by atoms with Crippen LogP contribution in [0, 0.1) is 5.92 Å². The van der Waals surface area contributed by atoms with Crippen LogP contribution in [0.25, 0.3) is 0 Å². The average molecular weight is 264 g/mol. The van der Waals surface area contributed by atoms with Crippen molar-refractivity contribution in [2.45, 2.75) is 12.5 Å². The van der Waals surface area contributed by atoms with Gasteiger partial charge < -0.3 is 20.1 Å². The molecule has 19 heavy (non-hydrogen) atoms. The summed E-state index contributed by atoms with van der Waals surface area (Å²) < 4.78 is 9.92. The third kappa shape index (κ3) is 2.98. The molecule has 0 spiro atoms. The van der Waals surface area contributed by atoms with E-state index in [2.05, 4.69) is 4.90 Å². The van der Waals surface area contributed by atoms with Crippen molar-refractivity contribution in [2.75, 3.05) is 32.2 Å². The number of esters is 1. The van der Waals surface area contributed by atoms with Crippen LogP contribution >= 0.6 is 0 Å². The van der Waals surface area contributed by atoms with Crippen LogP contribution in [-0.2, 0) is 9.53 Å². The molecule has 0 amide bonds. The summed E-state index contributed by atoms with van der Waals surface area (Å²) in [4.78, 5) is 13.7. The minimum absolute atomic E-state index is 0.138. The lowest BCUT2D eigenvalue weighted by molar-refractivity contribution is -0.143. The summed E-state index contributed by atoms with van der Waals surface area (Å²) in [5, 5.41) is 0. The van der Waals surface area contributed by atoms with Gasteiger partial charge in [0.1, 0.15) is 11.8 Å². The molecule has 0 aliphatic carbocycles. The van der Waals surface area contributed by atoms with Gasteiger partial charge in [-0.25, -0.2) is 0 Å². The predicted octanol–water partition coefficient (Wildman–Crippen LogP) is 1.02. The molecule has 2 N–H and O–H groups in total. The Morgan fingerprint density at radius 3 is 2.95 bits per heavy atom. The number of methoxy groups -OCH3 is 2. The van der Waals surface area contributed by atoms with Crippen molar-refractivity contribution in [3.8, 4) is 5.75 Å². The highest BCUT2D eigenvalue weighted by Gasteiger charge is 2.32. The molecule has 5 heteroatoms. The van der Waals surface area contributed by atoms with Crippen molar-refractivity contribution in [1.29, 1.82) is 0 Å². The van der Waals surface area contributed by atoms with Crippen LogP contribution in [0.2, 0.25) is 0 Å². The van der Waals surface area contributed by atoms with E-state index in [1.807, 2.05) is 24.3 Å². The number of hydrogen-bond acceptors (Lipinski definition) is 5. The summed E-state index contributed by atoms with van der Waals surface area (Å²) >= 11 is 0. The van der Waals surface area contributed by atoms with Gasteiger partial charge in [-0.15, -0.1) is 0 Å². The Bertz CT molecular complexity index is 450. The molecule has 1 saturated heterocycles. The van der Waals surface area contributed by atoms with Crippen LogP contribution in [0.4, 0.5) is 5.69 Å². The van der Waals surface area contributed by atoms with Crippen molar-refractivity contribution in [3.05, 3.63) is 24.3 Å². The lowest BCUT2D eigenvalue weighted by Crippen LogP contribution is -2.40. The molecule has 1 fully saturated rings. The standard InChI is InChI=1S/C14H20N2O3/c1-18-12-5-3-4-11(8-12)16-7-6-10(9-16)13(15)14(17)19-2/h3-5,8,10,13H,6-7,9,15H2,1-2H3. The normalized spacial score (nSPS) is 20.2. The number of carbonyl (C=O) groups excluding carboxylic acids is 1. The van der Waals surface area contributed by atoms with E-state index in [1.54, 1.807) is 7.11 Å². The molecule has 1 aliphatic rings. The van der Waals surface area contributed by atoms with Crippen LogP contribution in [-0.4, -0.2) is 39.3 Å². The molecule has 0 bridgehead atoms. The Labute approximate surface area is 113 Å². The largest absolute Gasteiger partial charge is 0.497 e. The second-order valence-electron chi connectivity index (χ2n) is 4.75. The second kappa shape index (κ2) is 5.93. The van der Waals surface area contributed by atoms with Crippen molar-refractivity contribution in [3.63, 3.8) is 0 Å². The highest BCUT2D eigenvalue weighted by Crippen LogP contribution is 2.28. The fourth-order valence-electron chi connectivity index (χ4n) is 2.45. The summed E-state index contributed by atoms with van der Waals surface area (Å²) in [5.41, 5.74) is 7.00. The van der Waals surface area contributed by atoms with Gasteiger partial charge in [-0.05, 0) is 18.6 Å². The molecule has 0 radical (unpaired) electrons. The molecule has 0 aromatic heterocycles. The van der Waals surface area contributed by atoms with Crippen molar-refractivity contribution in [1.82, 2.24) is 0 Å². The number of rotatable bonds is 4. The van der Waals surface area contributed by atoms with Crippen LogP contribution in [0.15, 0.2) is 24.3 Å². The Kier molecular flexibility index (Phi) is 4.27. The minimum atomic E-state index is -0.541. The highest BCUT2D eigenvalue weighted by atomic mass is 16.5. The number of ether oxygens (including phenoxy) is 2. The van der Waals surface area contributed by atoms with E-state index < -0.39 is 6.04 Å². The average Bonchev–Trinajstić information content (AvgIpc) is 2.95. The van der Waals surface area contributed by atoms with Gasteiger partial charge in [-0.3, -0.25) is 4.79 Å². The maximum Gasteiger partial charge on any atom is 0.322 e. The van der Waals surface area contributed by atoms with Gasteiger partial charge in [0.25, 0.3) is 0 Å². The molecule has 5 nitrogen and oxygen atoms in total. The topological polar surface area (TPSA) is 64.8 Å². The summed E-state index contributed by atoms with van der Waals surface area (Å²) in [6.45, 7) is 1.66. The van der Waals surface area contributed by atoms with Gasteiger partial charge in [-0.2, -0.15) is 0 Å². The molecule has 0 saturated carbocycles. The summed E-state index contributed by atoms with van der Waals surface area (Å²) in [6.07, 6.45) is 0.896. The van der Waals surface area contributed by atoms with Crippen molar-refractivity contribution < 1.29 is 14.3 Å². The molecule has 1 aromatic rings. The van der Waals surface area contributed by atoms with Gasteiger partial charge in [0, 0.05) is 30.8 Å². The number of benzene rings is 1. The molecule has 2 rings (SSSR count). The van der Waals surface area contributed by atoms with E-state index >= 15 is 0 Å². The van der Waals surface area contributed by atoms with Crippen LogP contribution in [0.1, 0.15) is 6.42 Å². The molecule has 2 atom stereocenters. The SMILES string of the molecule is COC(=O)C(N)C1CCN(c2cccc(OC)c2)C1. The number of hydrogen-bond donors (Lipinski definition) is 1. The number of nitrogens with two attached hydrogens (primary N) is 1. The first kappa shape index (κ1) is 13.7. The lowest BCUT2D eigenvalue weighted by atomic mass is 10.0. The minimum Gasteiger partial charge on any atom is -0.497 e. The zero-order valence-electron chi connectivity index (χ0n) is 11.3. The first-order valence-corrected chi connectivity index (χ1v) is 6.38. The van der Waals surface area contributed by atoms with E-state index in [-0.39, 0.29) is 11.9 Å². The van der Waals surface area contributed by atoms with E-state index in [0.29, 0.717) is 0 Å². The molecule has 1 heterocycles. The smallest absolute Gasteiger partial charge is 0.322 e. The van der Waals surface area contributed by atoms with Crippen LogP contribution in [0.3, 0.4) is 0 Å². The molecule has 1 aromatic carbocycles. The van der Waals surface area contributed by atoms with E-state index in [9.17, 15) is 4.79 Å². The lowest BCUT2D eigenvalue weighted by Gasteiger charge is -2.21. The maximum absolute atomic E-state index is 11.5. The van der Waals surface area contributed by atoms with Gasteiger partial charge in [0.2, 0.25) is 0 Å². The highest BCUT2D eigenvalue weighted by molar-refractivity contribution is 5.76. The number of carbonyl (C=O) groups is 1. The zero-order valence-corrected chi connectivity index (χ0v) is 11.3. The first-order chi connectivity index (χ1) is 9.15. The zero-order chi connectivity index (χ0) is 13.8. The van der Waals surface area contributed by atoms with E-state index in [4.69, 9.17) is 15.2 Å². The van der Waals surface area contributed by atoms with Gasteiger partial charge in [-0.1, -0.05) is 6.07 Å². The Morgan fingerprint density at radius 1 is 1.47 bits per heavy atom. The van der Waals surface area contributed by atoms with Gasteiger partial charge in [0.05, 0.1) is 14.2 Å². The van der Waals surface area contributed by atoms with Gasteiger partial charge >= 0.3 is 5.97 Å². The number of nitrogens with zero attached hydrogens (tertiary/aromatic N) is 1. The third-order valence-corrected chi connectivity index (χ3v) is 3.62. The van der Waals surface area contributed by atoms with Crippen LogP contribution < -0.4 is 15.4 Å². The summed E-state index contributed by atoms with van der Waals surface area (Å²) in [5.74, 6) is 0.634. The maximum atomic E-state index is 11.5. The van der Waals surface area contributed by atoms with Crippen molar-refractivity contribution in [2.24, 2.45) is 11.7 Å². The van der Waals surface area contributed by atoms with Gasteiger partial charge in [0.15, 0.2) is 0 Å². The predicted molar refractivity (Wildman–Crippen MR) is 73.3 cm³/mol. The molecule has 1 aliphatic heterocycles. The Hall–Kier alpha value is -1.75. The first-order valence-electron chi connectivity index (χ1n) is 6.38. The van der Waals surface area contributed by atoms with E-state index in [1.165, 1.54) is 7.11 Å². The molecular weight excluding hydrogens is 244 g/mol. The summed E-state index contributed by atoms with van der Waals surface area (Å²) in [6, 6.07) is 7.36. The molecule has 2 unspecified atom stereocenters. The monoisotopic (exact) mass is 264 g/mol. The quantitative estimate of drug-likeness (QED) is 0.823. The fourth-order valence-corrected chi connectivity index (χ4v) is 2.45. The fraction of sp³-hybridized carbons (Fsp3) is 0.500. The Balaban J connectivity index is 2.03. The molecular formula is C14H20N2O3. The van der Waals surface area contributed by atoms with E-state index in [0.717, 1.165) is 30.9 Å². The van der Waals surface area contributed by atoms with Crippen LogP contribution in [0.5, 0.6) is 5.75 Å². The Morgan fingerprint density at radius 2 is 2.26 bits per heavy atom. The third-order valence-electron chi connectivity index (χ3n) is 3.62. The van der Waals surface area contributed by atoms with Crippen molar-refractivity contribution >= 4 is 11.7 Å². The molecule has 104 valence electrons. The second-order valence-corrected chi connectivity index (χ2v) is 4.75.